The predicted octanol–water partition coefficient (Wildman–Crippen LogP) is 13.6. The maximum Gasteiger partial charge on any atom is 0.216 e. The Hall–Kier alpha value is -5.66. The molecular formula is C53H50IrN4O2Si-2. The zero-order valence-electron chi connectivity index (χ0n) is 38.1. The van der Waals surface area contributed by atoms with Gasteiger partial charge < -0.3 is 18.4 Å². The summed E-state index contributed by atoms with van der Waals surface area (Å²) < 4.78 is 32.3. The van der Waals surface area contributed by atoms with Crippen LogP contribution in [0.5, 0.6) is 0 Å². The van der Waals surface area contributed by atoms with Crippen molar-refractivity contribution in [1.29, 1.82) is 0 Å². The number of aromatic nitrogens is 4. The van der Waals surface area contributed by atoms with Crippen LogP contribution in [0, 0.1) is 25.0 Å². The van der Waals surface area contributed by atoms with Crippen LogP contribution in [-0.2, 0) is 31.9 Å². The molecule has 10 rings (SSSR count). The van der Waals surface area contributed by atoms with E-state index in [1.165, 1.54) is 5.56 Å². The van der Waals surface area contributed by atoms with Crippen LogP contribution in [0.15, 0.2) is 130 Å². The van der Waals surface area contributed by atoms with E-state index in [1.807, 2.05) is 93.7 Å². The van der Waals surface area contributed by atoms with Crippen LogP contribution >= 0.6 is 0 Å². The van der Waals surface area contributed by atoms with E-state index in [0.717, 1.165) is 94.1 Å². The Bertz CT molecular complexity index is 3320. The molecule has 61 heavy (non-hydrogen) atoms. The summed E-state index contributed by atoms with van der Waals surface area (Å²) in [5.41, 5.74) is 11.3. The molecule has 0 saturated heterocycles. The zero-order valence-corrected chi connectivity index (χ0v) is 39.5. The molecule has 0 spiro atoms. The molecule has 8 heteroatoms. The van der Waals surface area contributed by atoms with Crippen LogP contribution in [0.2, 0.25) is 19.6 Å². The summed E-state index contributed by atoms with van der Waals surface area (Å²) >= 11 is 0. The first kappa shape index (κ1) is 39.5. The summed E-state index contributed by atoms with van der Waals surface area (Å²) in [6.07, 6.45) is 0.531. The van der Waals surface area contributed by atoms with E-state index in [0.29, 0.717) is 5.71 Å². The first-order chi connectivity index (χ1) is 29.5. The Morgan fingerprint density at radius 3 is 2.30 bits per heavy atom. The molecule has 0 fully saturated rings. The van der Waals surface area contributed by atoms with Crippen molar-refractivity contribution in [1.82, 2.24) is 19.5 Å². The van der Waals surface area contributed by atoms with Crippen LogP contribution in [0.4, 0.5) is 0 Å². The first-order valence-corrected chi connectivity index (χ1v) is 24.1. The van der Waals surface area contributed by atoms with Crippen molar-refractivity contribution < 1.29 is 31.7 Å². The van der Waals surface area contributed by atoms with Crippen LogP contribution in [-0.4, -0.2) is 27.6 Å². The zero-order chi connectivity index (χ0) is 43.7. The van der Waals surface area contributed by atoms with Crippen LogP contribution < -0.4 is 5.19 Å². The van der Waals surface area contributed by atoms with E-state index in [1.54, 1.807) is 0 Å². The summed E-state index contributed by atoms with van der Waals surface area (Å²) in [6, 6.07) is 45.4. The average molecular weight is 997 g/mol. The van der Waals surface area contributed by atoms with Crippen molar-refractivity contribution in [2.45, 2.75) is 73.0 Å². The fraction of sp³-hybridized carbons (Fsp3) is 0.226. The summed E-state index contributed by atoms with van der Waals surface area (Å²) in [6.45, 7) is 19.2. The van der Waals surface area contributed by atoms with Gasteiger partial charge in [0.05, 0.1) is 36.2 Å². The number of furan rings is 2. The predicted molar refractivity (Wildman–Crippen MR) is 251 cm³/mol. The third kappa shape index (κ3) is 8.01. The van der Waals surface area contributed by atoms with Gasteiger partial charge in [-0.3, -0.25) is 4.98 Å². The number of rotatable bonds is 6. The Kier molecular flexibility index (Phi) is 10.6. The number of benzene rings is 5. The standard InChI is InChI=1S/C31H18N3O2.C22H32NSi.Ir/c1-18-16-17-22-21-9-6-11-23(28(21)36-31(22)32-18)30-33-24-12-3-4-13-25(24)34(30)26-14-7-10-20-19-8-2-5-15-27(19)35-29(20)26;1-16(2)12-18-14-20(23-15-21(18)24(6,7)8)17-10-9-11-19(13-17)22(3,4)5;/h2-10,12-17H,1H3;9,11,13-16H,12H2,1-8H3;/q2*-1;/i;12D2;. The fourth-order valence-electron chi connectivity index (χ4n) is 7.94. The summed E-state index contributed by atoms with van der Waals surface area (Å²) in [7, 11) is -1.71. The molecule has 10 aromatic rings. The second-order valence-corrected chi connectivity index (χ2v) is 23.0. The number of hydrogen-bond acceptors (Lipinski definition) is 5. The van der Waals surface area contributed by atoms with Crippen molar-refractivity contribution in [3.8, 4) is 28.3 Å². The van der Waals surface area contributed by atoms with E-state index in [9.17, 15) is 0 Å². The Balaban J connectivity index is 0.000000181. The van der Waals surface area contributed by atoms with E-state index >= 15 is 0 Å². The normalized spacial score (nSPS) is 12.8. The fourth-order valence-corrected chi connectivity index (χ4v) is 9.34. The van der Waals surface area contributed by atoms with Crippen molar-refractivity contribution in [2.24, 2.45) is 5.92 Å². The van der Waals surface area contributed by atoms with Gasteiger partial charge in [-0.25, -0.2) is 4.98 Å². The van der Waals surface area contributed by atoms with Gasteiger partial charge in [-0.05, 0) is 71.9 Å². The average Bonchev–Trinajstić information content (AvgIpc) is 3.94. The number of imidazole rings is 1. The quantitative estimate of drug-likeness (QED) is 0.123. The minimum absolute atomic E-state index is 0. The van der Waals surface area contributed by atoms with Crippen molar-refractivity contribution in [3.05, 3.63) is 150 Å². The molecule has 0 aliphatic carbocycles. The molecule has 0 bridgehead atoms. The molecule has 0 amide bonds. The molecule has 5 aromatic carbocycles. The minimum Gasteiger partial charge on any atom is -0.486 e. The maximum atomic E-state index is 8.69. The number of aryl methyl sites for hydroxylation is 1. The van der Waals surface area contributed by atoms with Gasteiger partial charge in [-0.2, -0.15) is 0 Å². The molecule has 0 aliphatic heterocycles. The van der Waals surface area contributed by atoms with Gasteiger partial charge in [-0.1, -0.05) is 119 Å². The van der Waals surface area contributed by atoms with Crippen molar-refractivity contribution in [2.75, 3.05) is 0 Å². The minimum atomic E-state index is -1.71. The second kappa shape index (κ2) is 16.3. The first-order valence-electron chi connectivity index (χ1n) is 21.6. The molecule has 5 heterocycles. The Labute approximate surface area is 375 Å². The Morgan fingerprint density at radius 1 is 0.770 bits per heavy atom. The largest absolute Gasteiger partial charge is 0.486 e. The van der Waals surface area contributed by atoms with E-state index in [-0.39, 0.29) is 31.4 Å². The van der Waals surface area contributed by atoms with E-state index < -0.39 is 14.4 Å². The molecule has 0 N–H and O–H groups in total. The number of pyridine rings is 2. The third-order valence-corrected chi connectivity index (χ3v) is 13.0. The number of para-hydroxylation sites is 4. The second-order valence-electron chi connectivity index (χ2n) is 17.9. The summed E-state index contributed by atoms with van der Waals surface area (Å²) in [5, 5.41) is 5.23. The molecular weight excluding hydrogens is 945 g/mol. The van der Waals surface area contributed by atoms with Gasteiger partial charge >= 0.3 is 0 Å². The molecule has 0 atom stereocenters. The molecule has 0 saturated carbocycles. The summed E-state index contributed by atoms with van der Waals surface area (Å²) in [4.78, 5) is 14.4. The van der Waals surface area contributed by atoms with Crippen molar-refractivity contribution >= 4 is 68.3 Å². The molecule has 0 unspecified atom stereocenters. The van der Waals surface area contributed by atoms with Gasteiger partial charge in [0.1, 0.15) is 5.58 Å². The van der Waals surface area contributed by atoms with Crippen LogP contribution in [0.1, 0.15) is 54.2 Å². The number of hydrogen-bond donors (Lipinski definition) is 0. The number of nitrogens with zero attached hydrogens (tertiary/aromatic N) is 4. The molecule has 6 nitrogen and oxygen atoms in total. The molecule has 309 valence electrons. The monoisotopic (exact) mass is 997 g/mol. The van der Waals surface area contributed by atoms with Gasteiger partial charge in [-0.15, -0.1) is 53.6 Å². The SMILES string of the molecule is Cc1ccc2c(n1)oc1c(-c3nc4ccccc4n3-c3cccc4c3oc3ccccc34)[c-]ccc12.[2H]C([2H])(c1cc(-c2[c-]ccc(C(C)(C)C)c2)ncc1[Si](C)(C)C)C(C)C.[Ir]. The van der Waals surface area contributed by atoms with Gasteiger partial charge in [0.2, 0.25) is 5.71 Å². The topological polar surface area (TPSA) is 69.9 Å². The van der Waals surface area contributed by atoms with E-state index in [2.05, 4.69) is 111 Å². The van der Waals surface area contributed by atoms with Gasteiger partial charge in [0.25, 0.3) is 0 Å². The molecule has 0 aliphatic rings. The third-order valence-electron chi connectivity index (χ3n) is 10.9. The van der Waals surface area contributed by atoms with Crippen LogP contribution in [0.3, 0.4) is 0 Å². The molecule has 1 radical (unpaired) electrons. The number of fused-ring (bicyclic) bond motifs is 7. The van der Waals surface area contributed by atoms with Crippen molar-refractivity contribution in [3.63, 3.8) is 0 Å². The Morgan fingerprint density at radius 2 is 1.51 bits per heavy atom. The molecule has 5 aromatic heterocycles. The van der Waals surface area contributed by atoms with Crippen LogP contribution in [0.25, 0.3) is 83.4 Å². The van der Waals surface area contributed by atoms with Gasteiger partial charge in [0, 0.05) is 50.9 Å². The summed E-state index contributed by atoms with van der Waals surface area (Å²) in [5.74, 6) is 0.642. The van der Waals surface area contributed by atoms with E-state index in [4.69, 9.17) is 21.5 Å². The van der Waals surface area contributed by atoms with Gasteiger partial charge in [0.15, 0.2) is 5.58 Å². The smallest absolute Gasteiger partial charge is 0.216 e. The maximum absolute atomic E-state index is 8.69.